The second-order valence-corrected chi connectivity index (χ2v) is 6.10. The minimum atomic E-state index is -3.79. The maximum Gasteiger partial charge on any atom is 0.294 e. The van der Waals surface area contributed by atoms with Gasteiger partial charge in [0.25, 0.3) is 9.05 Å². The van der Waals surface area contributed by atoms with Crippen LogP contribution in [-0.2, 0) is 9.05 Å². The summed E-state index contributed by atoms with van der Waals surface area (Å²) in [6.45, 7) is 0. The number of rotatable bonds is 1. The van der Waals surface area contributed by atoms with E-state index in [0.29, 0.717) is 11.0 Å². The van der Waals surface area contributed by atoms with E-state index in [2.05, 4.69) is 15.9 Å². The lowest BCUT2D eigenvalue weighted by atomic mass is 10.3. The Hall–Kier alpha value is -0.520. The summed E-state index contributed by atoms with van der Waals surface area (Å²) >= 11 is 3.27. The first kappa shape index (κ1) is 10.0. The van der Waals surface area contributed by atoms with Gasteiger partial charge in [0.05, 0.1) is 0 Å². The summed E-state index contributed by atoms with van der Waals surface area (Å²) in [6, 6.07) is 6.58. The van der Waals surface area contributed by atoms with Crippen LogP contribution in [0.3, 0.4) is 0 Å². The first-order chi connectivity index (χ1) is 6.47. The molecule has 1 heterocycles. The topological polar surface area (TPSA) is 47.3 Å². The lowest BCUT2D eigenvalue weighted by Gasteiger charge is -1.87. The first-order valence-corrected chi connectivity index (χ1v) is 6.71. The molecular formula is C8H4BrClO3S. The van der Waals surface area contributed by atoms with Crippen molar-refractivity contribution in [3.05, 3.63) is 28.7 Å². The van der Waals surface area contributed by atoms with Crippen molar-refractivity contribution in [2.75, 3.05) is 0 Å². The van der Waals surface area contributed by atoms with Gasteiger partial charge in [-0.15, -0.1) is 0 Å². The van der Waals surface area contributed by atoms with Crippen molar-refractivity contribution in [3.63, 3.8) is 0 Å². The second-order valence-electron chi connectivity index (χ2n) is 2.69. The summed E-state index contributed by atoms with van der Waals surface area (Å²) in [5.74, 6) is 0. The van der Waals surface area contributed by atoms with Gasteiger partial charge in [-0.3, -0.25) is 0 Å². The zero-order valence-electron chi connectivity index (χ0n) is 6.70. The number of furan rings is 1. The Balaban J connectivity index is 2.75. The van der Waals surface area contributed by atoms with Crippen LogP contribution in [0.15, 0.2) is 38.2 Å². The Labute approximate surface area is 93.2 Å². The van der Waals surface area contributed by atoms with Crippen LogP contribution in [-0.4, -0.2) is 8.42 Å². The molecule has 0 aliphatic rings. The average molecular weight is 296 g/mol. The molecule has 0 saturated heterocycles. The van der Waals surface area contributed by atoms with E-state index >= 15 is 0 Å². The highest BCUT2D eigenvalue weighted by atomic mass is 79.9. The molecule has 74 valence electrons. The summed E-state index contributed by atoms with van der Waals surface area (Å²) in [6.07, 6.45) is 0. The molecule has 1 aromatic heterocycles. The molecule has 0 atom stereocenters. The number of halogens is 2. The van der Waals surface area contributed by atoms with Crippen molar-refractivity contribution in [1.82, 2.24) is 0 Å². The van der Waals surface area contributed by atoms with Crippen molar-refractivity contribution in [3.8, 4) is 0 Å². The van der Waals surface area contributed by atoms with Crippen LogP contribution in [0.1, 0.15) is 0 Å². The lowest BCUT2D eigenvalue weighted by molar-refractivity contribution is 0.488. The molecule has 0 saturated carbocycles. The van der Waals surface area contributed by atoms with Gasteiger partial charge in [0.2, 0.25) is 5.09 Å². The maximum atomic E-state index is 10.9. The van der Waals surface area contributed by atoms with Crippen LogP contribution in [0.25, 0.3) is 11.0 Å². The number of benzene rings is 1. The Bertz CT molecular complexity index is 588. The number of fused-ring (bicyclic) bond motifs is 1. The van der Waals surface area contributed by atoms with Crippen LogP contribution >= 0.6 is 26.6 Å². The van der Waals surface area contributed by atoms with E-state index in [9.17, 15) is 8.42 Å². The number of hydrogen-bond donors (Lipinski definition) is 0. The Morgan fingerprint density at radius 1 is 1.29 bits per heavy atom. The molecule has 6 heteroatoms. The molecule has 0 fully saturated rings. The highest BCUT2D eigenvalue weighted by molar-refractivity contribution is 9.10. The standard InChI is InChI=1S/C8H4BrClO3S/c9-6-1-2-7-5(3-6)4-8(13-7)14(10,11)12/h1-4H. The molecule has 0 amide bonds. The fourth-order valence-electron chi connectivity index (χ4n) is 1.11. The molecule has 3 nitrogen and oxygen atoms in total. The largest absolute Gasteiger partial charge is 0.443 e. The minimum absolute atomic E-state index is 0.229. The number of hydrogen-bond acceptors (Lipinski definition) is 3. The van der Waals surface area contributed by atoms with Crippen molar-refractivity contribution in [2.24, 2.45) is 0 Å². The van der Waals surface area contributed by atoms with Gasteiger partial charge < -0.3 is 4.42 Å². The Kier molecular flexibility index (Phi) is 2.33. The lowest BCUT2D eigenvalue weighted by Crippen LogP contribution is -1.84. The highest BCUT2D eigenvalue weighted by Crippen LogP contribution is 2.27. The van der Waals surface area contributed by atoms with E-state index in [1.54, 1.807) is 18.2 Å². The predicted molar refractivity (Wildman–Crippen MR) is 57.0 cm³/mol. The van der Waals surface area contributed by atoms with Gasteiger partial charge in [-0.25, -0.2) is 8.42 Å². The van der Waals surface area contributed by atoms with E-state index < -0.39 is 9.05 Å². The van der Waals surface area contributed by atoms with Gasteiger partial charge in [-0.1, -0.05) is 15.9 Å². The normalized spacial score (nSPS) is 12.1. The van der Waals surface area contributed by atoms with Gasteiger partial charge >= 0.3 is 0 Å². The molecule has 2 aromatic rings. The van der Waals surface area contributed by atoms with E-state index in [1.165, 1.54) is 6.07 Å². The zero-order valence-corrected chi connectivity index (χ0v) is 9.86. The molecule has 1 aromatic carbocycles. The molecule has 0 N–H and O–H groups in total. The summed E-state index contributed by atoms with van der Waals surface area (Å²) in [7, 11) is 1.35. The zero-order chi connectivity index (χ0) is 10.3. The predicted octanol–water partition coefficient (Wildman–Crippen LogP) is 3.12. The molecule has 0 bridgehead atoms. The van der Waals surface area contributed by atoms with Crippen LogP contribution in [0.2, 0.25) is 0 Å². The molecule has 14 heavy (non-hydrogen) atoms. The van der Waals surface area contributed by atoms with Crippen LogP contribution in [0, 0.1) is 0 Å². The maximum absolute atomic E-state index is 10.9. The molecule has 2 rings (SSSR count). The van der Waals surface area contributed by atoms with Gasteiger partial charge in [0.1, 0.15) is 5.58 Å². The van der Waals surface area contributed by atoms with Gasteiger partial charge in [-0.05, 0) is 18.2 Å². The van der Waals surface area contributed by atoms with Crippen molar-refractivity contribution >= 4 is 46.6 Å². The van der Waals surface area contributed by atoms with E-state index in [0.717, 1.165) is 4.47 Å². The van der Waals surface area contributed by atoms with Crippen molar-refractivity contribution in [2.45, 2.75) is 5.09 Å². The SMILES string of the molecule is O=S(=O)(Cl)c1cc2cc(Br)ccc2o1. The highest BCUT2D eigenvalue weighted by Gasteiger charge is 2.15. The third-order valence-corrected chi connectivity index (χ3v) is 3.33. The van der Waals surface area contributed by atoms with Crippen LogP contribution in [0.5, 0.6) is 0 Å². The Morgan fingerprint density at radius 3 is 2.64 bits per heavy atom. The summed E-state index contributed by atoms with van der Waals surface area (Å²) < 4.78 is 27.8. The average Bonchev–Trinajstić information content (AvgIpc) is 2.45. The minimum Gasteiger partial charge on any atom is -0.443 e. The smallest absolute Gasteiger partial charge is 0.294 e. The molecular weight excluding hydrogens is 292 g/mol. The molecule has 0 aliphatic carbocycles. The Morgan fingerprint density at radius 2 is 2.00 bits per heavy atom. The molecule has 0 unspecified atom stereocenters. The van der Waals surface area contributed by atoms with Crippen LogP contribution < -0.4 is 0 Å². The van der Waals surface area contributed by atoms with E-state index in [-0.39, 0.29) is 5.09 Å². The third kappa shape index (κ3) is 1.80. The fraction of sp³-hybridized carbons (Fsp3) is 0. The molecule has 0 spiro atoms. The fourth-order valence-corrected chi connectivity index (χ4v) is 2.17. The molecule has 0 aliphatic heterocycles. The van der Waals surface area contributed by atoms with Gasteiger partial charge in [0.15, 0.2) is 0 Å². The second kappa shape index (κ2) is 3.25. The van der Waals surface area contributed by atoms with E-state index in [1.807, 2.05) is 0 Å². The summed E-state index contributed by atoms with van der Waals surface area (Å²) in [5, 5.41) is 0.464. The van der Waals surface area contributed by atoms with Crippen LogP contribution in [0.4, 0.5) is 0 Å². The van der Waals surface area contributed by atoms with Crippen molar-refractivity contribution in [1.29, 1.82) is 0 Å². The quantitative estimate of drug-likeness (QED) is 0.759. The van der Waals surface area contributed by atoms with E-state index in [4.69, 9.17) is 15.1 Å². The third-order valence-electron chi connectivity index (χ3n) is 1.70. The van der Waals surface area contributed by atoms with Crippen molar-refractivity contribution < 1.29 is 12.8 Å². The van der Waals surface area contributed by atoms with Gasteiger partial charge in [0, 0.05) is 26.6 Å². The monoisotopic (exact) mass is 294 g/mol. The first-order valence-electron chi connectivity index (χ1n) is 3.60. The summed E-state index contributed by atoms with van der Waals surface area (Å²) in [5.41, 5.74) is 0.493. The summed E-state index contributed by atoms with van der Waals surface area (Å²) in [4.78, 5) is 0. The molecule has 0 radical (unpaired) electrons. The van der Waals surface area contributed by atoms with Gasteiger partial charge in [-0.2, -0.15) is 0 Å².